The van der Waals surface area contributed by atoms with Crippen molar-refractivity contribution in [3.8, 4) is 0 Å². The van der Waals surface area contributed by atoms with Crippen molar-refractivity contribution in [1.29, 1.82) is 0 Å². The number of allylic oxidation sites excluding steroid dienone is 2. The quantitative estimate of drug-likeness (QED) is 0.830. The molecule has 0 radical (unpaired) electrons. The van der Waals surface area contributed by atoms with Crippen LogP contribution in [0.15, 0.2) is 24.5 Å². The Kier molecular flexibility index (Phi) is 4.16. The summed E-state index contributed by atoms with van der Waals surface area (Å²) in [7, 11) is 0. The fraction of sp³-hybridized carbons (Fsp3) is 0.600. The monoisotopic (exact) mass is 274 g/mol. The molecule has 2 N–H and O–H groups in total. The van der Waals surface area contributed by atoms with Crippen LogP contribution in [0, 0.1) is 5.92 Å². The molecule has 1 unspecified atom stereocenters. The number of rotatable bonds is 3. The van der Waals surface area contributed by atoms with Crippen LogP contribution in [0.4, 0.5) is 5.69 Å². The van der Waals surface area contributed by atoms with Gasteiger partial charge in [0.2, 0.25) is 5.91 Å². The van der Waals surface area contributed by atoms with Crippen LogP contribution in [0.2, 0.25) is 0 Å². The Labute approximate surface area is 119 Å². The van der Waals surface area contributed by atoms with E-state index in [4.69, 9.17) is 0 Å². The van der Waals surface area contributed by atoms with Gasteiger partial charge in [0.25, 0.3) is 0 Å². The van der Waals surface area contributed by atoms with Gasteiger partial charge in [0.05, 0.1) is 17.9 Å². The zero-order valence-corrected chi connectivity index (χ0v) is 11.7. The number of hydrogen-bond acceptors (Lipinski definition) is 3. The van der Waals surface area contributed by atoms with Crippen LogP contribution in [0.1, 0.15) is 38.1 Å². The smallest absolute Gasteiger partial charge is 0.227 e. The number of nitrogens with zero attached hydrogens (tertiary/aromatic N) is 2. The number of amides is 1. The van der Waals surface area contributed by atoms with Gasteiger partial charge in [-0.05, 0) is 45.2 Å². The second kappa shape index (κ2) is 6.22. The molecule has 3 rings (SSSR count). The fourth-order valence-corrected chi connectivity index (χ4v) is 2.95. The second-order valence-electron chi connectivity index (χ2n) is 5.66. The molecule has 1 amide bonds. The summed E-state index contributed by atoms with van der Waals surface area (Å²) in [6, 6.07) is 0.458. The summed E-state index contributed by atoms with van der Waals surface area (Å²) >= 11 is 0. The Morgan fingerprint density at radius 2 is 2.15 bits per heavy atom. The maximum Gasteiger partial charge on any atom is 0.227 e. The SMILES string of the molecule is O=C(Nc1cnn(C2CCNCC2)c1)C1CC=CCC1. The molecule has 1 atom stereocenters. The lowest BCUT2D eigenvalue weighted by atomic mass is 9.94. The van der Waals surface area contributed by atoms with E-state index >= 15 is 0 Å². The highest BCUT2D eigenvalue weighted by Gasteiger charge is 2.20. The van der Waals surface area contributed by atoms with E-state index < -0.39 is 0 Å². The van der Waals surface area contributed by atoms with Crippen molar-refractivity contribution in [2.24, 2.45) is 5.92 Å². The standard InChI is InChI=1S/C15H22N4O/c20-15(12-4-2-1-3-5-12)18-13-10-17-19(11-13)14-6-8-16-9-7-14/h1-2,10-12,14,16H,3-9H2,(H,18,20). The van der Waals surface area contributed by atoms with Crippen molar-refractivity contribution in [2.75, 3.05) is 18.4 Å². The molecule has 2 aliphatic rings. The molecule has 108 valence electrons. The van der Waals surface area contributed by atoms with E-state index in [9.17, 15) is 4.79 Å². The number of hydrogen-bond donors (Lipinski definition) is 2. The maximum absolute atomic E-state index is 12.2. The average molecular weight is 274 g/mol. The summed E-state index contributed by atoms with van der Waals surface area (Å²) < 4.78 is 2.00. The number of carbonyl (C=O) groups excluding carboxylic acids is 1. The van der Waals surface area contributed by atoms with Gasteiger partial charge in [-0.2, -0.15) is 5.10 Å². The minimum atomic E-state index is 0.113. The number of aromatic nitrogens is 2. The Hall–Kier alpha value is -1.62. The molecule has 2 heterocycles. The van der Waals surface area contributed by atoms with Crippen LogP contribution in [0.25, 0.3) is 0 Å². The Balaban J connectivity index is 1.59. The van der Waals surface area contributed by atoms with E-state index in [1.165, 1.54) is 0 Å². The van der Waals surface area contributed by atoms with Gasteiger partial charge >= 0.3 is 0 Å². The minimum Gasteiger partial charge on any atom is -0.323 e. The van der Waals surface area contributed by atoms with Crippen molar-refractivity contribution in [3.63, 3.8) is 0 Å². The molecule has 20 heavy (non-hydrogen) atoms. The lowest BCUT2D eigenvalue weighted by Crippen LogP contribution is -2.29. The first-order valence-electron chi connectivity index (χ1n) is 7.53. The Morgan fingerprint density at radius 1 is 1.30 bits per heavy atom. The van der Waals surface area contributed by atoms with E-state index in [1.807, 2.05) is 10.9 Å². The van der Waals surface area contributed by atoms with Crippen LogP contribution < -0.4 is 10.6 Å². The maximum atomic E-state index is 12.2. The molecule has 5 heteroatoms. The molecule has 1 saturated heterocycles. The molecule has 1 aromatic rings. The Bertz CT molecular complexity index is 488. The van der Waals surface area contributed by atoms with Gasteiger partial charge in [-0.3, -0.25) is 9.48 Å². The van der Waals surface area contributed by atoms with Crippen molar-refractivity contribution in [1.82, 2.24) is 15.1 Å². The van der Waals surface area contributed by atoms with Crippen molar-refractivity contribution < 1.29 is 4.79 Å². The molecule has 5 nitrogen and oxygen atoms in total. The third kappa shape index (κ3) is 3.10. The summed E-state index contributed by atoms with van der Waals surface area (Å²) in [5.74, 6) is 0.237. The van der Waals surface area contributed by atoms with Crippen molar-refractivity contribution >= 4 is 11.6 Å². The number of carbonyl (C=O) groups is 1. The highest BCUT2D eigenvalue weighted by atomic mass is 16.1. The topological polar surface area (TPSA) is 59.0 Å². The van der Waals surface area contributed by atoms with Gasteiger partial charge in [-0.15, -0.1) is 0 Å². The van der Waals surface area contributed by atoms with Crippen LogP contribution in [0.3, 0.4) is 0 Å². The van der Waals surface area contributed by atoms with E-state index in [0.29, 0.717) is 6.04 Å². The molecule has 1 aromatic heterocycles. The van der Waals surface area contributed by atoms with Crippen molar-refractivity contribution in [3.05, 3.63) is 24.5 Å². The predicted octanol–water partition coefficient (Wildman–Crippen LogP) is 2.10. The first-order chi connectivity index (χ1) is 9.83. The third-order valence-corrected chi connectivity index (χ3v) is 4.19. The zero-order valence-electron chi connectivity index (χ0n) is 11.7. The largest absolute Gasteiger partial charge is 0.323 e. The molecule has 0 aromatic carbocycles. The fourth-order valence-electron chi connectivity index (χ4n) is 2.95. The molecule has 1 aliphatic heterocycles. The van der Waals surface area contributed by atoms with E-state index in [-0.39, 0.29) is 11.8 Å². The average Bonchev–Trinajstić information content (AvgIpc) is 2.97. The lowest BCUT2D eigenvalue weighted by Gasteiger charge is -2.22. The highest BCUT2D eigenvalue weighted by Crippen LogP contribution is 2.22. The first-order valence-corrected chi connectivity index (χ1v) is 7.53. The predicted molar refractivity (Wildman–Crippen MR) is 78.5 cm³/mol. The number of piperidine rings is 1. The van der Waals surface area contributed by atoms with Crippen molar-refractivity contribution in [2.45, 2.75) is 38.1 Å². The zero-order chi connectivity index (χ0) is 13.8. The summed E-state index contributed by atoms with van der Waals surface area (Å²) in [6.07, 6.45) is 13.0. The summed E-state index contributed by atoms with van der Waals surface area (Å²) in [4.78, 5) is 12.2. The molecular formula is C15H22N4O. The molecule has 0 bridgehead atoms. The minimum absolute atomic E-state index is 0.113. The normalized spacial score (nSPS) is 23.7. The number of nitrogens with one attached hydrogen (secondary N) is 2. The van der Waals surface area contributed by atoms with Gasteiger partial charge in [-0.25, -0.2) is 0 Å². The van der Waals surface area contributed by atoms with Crippen LogP contribution in [-0.4, -0.2) is 28.8 Å². The molecule has 0 spiro atoms. The molecule has 0 saturated carbocycles. The Morgan fingerprint density at radius 3 is 2.90 bits per heavy atom. The van der Waals surface area contributed by atoms with E-state index in [0.717, 1.165) is 50.9 Å². The summed E-state index contributed by atoms with van der Waals surface area (Å²) in [5, 5.41) is 10.7. The van der Waals surface area contributed by atoms with E-state index in [1.54, 1.807) is 6.20 Å². The number of anilines is 1. The second-order valence-corrected chi connectivity index (χ2v) is 5.66. The molecule has 1 aliphatic carbocycles. The summed E-state index contributed by atoms with van der Waals surface area (Å²) in [6.45, 7) is 2.08. The highest BCUT2D eigenvalue weighted by molar-refractivity contribution is 5.92. The van der Waals surface area contributed by atoms with E-state index in [2.05, 4.69) is 27.9 Å². The van der Waals surface area contributed by atoms with Gasteiger partial charge in [-0.1, -0.05) is 12.2 Å². The van der Waals surface area contributed by atoms with Crippen LogP contribution in [0.5, 0.6) is 0 Å². The van der Waals surface area contributed by atoms with Crippen LogP contribution >= 0.6 is 0 Å². The van der Waals surface area contributed by atoms with Gasteiger partial charge in [0, 0.05) is 12.1 Å². The molecule has 1 fully saturated rings. The van der Waals surface area contributed by atoms with Gasteiger partial charge < -0.3 is 10.6 Å². The van der Waals surface area contributed by atoms with Gasteiger partial charge in [0.1, 0.15) is 0 Å². The van der Waals surface area contributed by atoms with Crippen LogP contribution in [-0.2, 0) is 4.79 Å². The summed E-state index contributed by atoms with van der Waals surface area (Å²) in [5.41, 5.74) is 0.822. The third-order valence-electron chi connectivity index (χ3n) is 4.19. The van der Waals surface area contributed by atoms with Gasteiger partial charge in [0.15, 0.2) is 0 Å². The first kappa shape index (κ1) is 13.4. The lowest BCUT2D eigenvalue weighted by molar-refractivity contribution is -0.120. The molecular weight excluding hydrogens is 252 g/mol.